The number of piperidine rings is 1. The van der Waals surface area contributed by atoms with Crippen LogP contribution in [-0.4, -0.2) is 34.2 Å². The number of nitrogens with one attached hydrogen (secondary N) is 2. The predicted octanol–water partition coefficient (Wildman–Crippen LogP) is 1.80. The molecule has 22 heavy (non-hydrogen) atoms. The van der Waals surface area contributed by atoms with Crippen molar-refractivity contribution >= 4 is 17.0 Å². The maximum Gasteiger partial charge on any atom is 0.257 e. The molecule has 2 aromatic heterocycles. The summed E-state index contributed by atoms with van der Waals surface area (Å²) in [5.41, 5.74) is 1.92. The molecule has 1 amide bonds. The quantitative estimate of drug-likeness (QED) is 0.903. The van der Waals surface area contributed by atoms with E-state index in [0.717, 1.165) is 30.3 Å². The second kappa shape index (κ2) is 5.35. The van der Waals surface area contributed by atoms with Gasteiger partial charge in [-0.2, -0.15) is 0 Å². The molecule has 6 heteroatoms. The van der Waals surface area contributed by atoms with Gasteiger partial charge in [-0.25, -0.2) is 4.98 Å². The molecule has 2 bridgehead atoms. The average Bonchev–Trinajstić information content (AvgIpc) is 3.09. The second-order valence-electron chi connectivity index (χ2n) is 6.34. The first-order chi connectivity index (χ1) is 10.7. The fourth-order valence-electron chi connectivity index (χ4n) is 3.70. The molecule has 2 saturated heterocycles. The lowest BCUT2D eigenvalue weighted by Gasteiger charge is -2.29. The SMILES string of the molecule is CCc1noc2ncc(C(=O)NC3CC4CCC(C3)N4)cc12. The maximum absolute atomic E-state index is 12.5. The molecule has 2 fully saturated rings. The Bertz CT molecular complexity index is 699. The monoisotopic (exact) mass is 300 g/mol. The van der Waals surface area contributed by atoms with Crippen LogP contribution in [0, 0.1) is 0 Å². The van der Waals surface area contributed by atoms with Gasteiger partial charge >= 0.3 is 0 Å². The minimum absolute atomic E-state index is 0.0519. The fraction of sp³-hybridized carbons (Fsp3) is 0.562. The maximum atomic E-state index is 12.5. The minimum Gasteiger partial charge on any atom is -0.349 e. The molecular formula is C16H20N4O2. The highest BCUT2D eigenvalue weighted by Gasteiger charge is 2.34. The summed E-state index contributed by atoms with van der Waals surface area (Å²) in [4.78, 5) is 16.7. The van der Waals surface area contributed by atoms with Crippen molar-refractivity contribution in [3.05, 3.63) is 23.5 Å². The number of carbonyl (C=O) groups excluding carboxylic acids is 1. The topological polar surface area (TPSA) is 80.0 Å². The highest BCUT2D eigenvalue weighted by atomic mass is 16.5. The first-order valence-electron chi connectivity index (χ1n) is 8.04. The Morgan fingerprint density at radius 3 is 2.91 bits per heavy atom. The molecule has 4 heterocycles. The van der Waals surface area contributed by atoms with Gasteiger partial charge in [0.2, 0.25) is 0 Å². The van der Waals surface area contributed by atoms with E-state index in [1.165, 1.54) is 12.8 Å². The average molecular weight is 300 g/mol. The van der Waals surface area contributed by atoms with Gasteiger partial charge in [-0.1, -0.05) is 12.1 Å². The molecule has 2 N–H and O–H groups in total. The Morgan fingerprint density at radius 1 is 1.41 bits per heavy atom. The minimum atomic E-state index is -0.0519. The van der Waals surface area contributed by atoms with Gasteiger partial charge < -0.3 is 15.2 Å². The van der Waals surface area contributed by atoms with Crippen molar-refractivity contribution in [2.75, 3.05) is 0 Å². The van der Waals surface area contributed by atoms with Crippen molar-refractivity contribution in [2.24, 2.45) is 0 Å². The Hall–Kier alpha value is -1.95. The zero-order chi connectivity index (χ0) is 15.1. The van der Waals surface area contributed by atoms with Crippen LogP contribution in [0.3, 0.4) is 0 Å². The summed E-state index contributed by atoms with van der Waals surface area (Å²) in [5.74, 6) is -0.0519. The standard InChI is InChI=1S/C16H20N4O2/c1-2-14-13-5-9(8-17-16(13)22-20-14)15(21)19-12-6-10-3-4-11(7-12)18-10/h5,8,10-12,18H,2-4,6-7H2,1H3,(H,19,21). The summed E-state index contributed by atoms with van der Waals surface area (Å²) in [6.45, 7) is 2.01. The highest BCUT2D eigenvalue weighted by molar-refractivity contribution is 5.97. The Kier molecular flexibility index (Phi) is 3.33. The van der Waals surface area contributed by atoms with E-state index in [9.17, 15) is 4.79 Å². The lowest BCUT2D eigenvalue weighted by atomic mass is 9.99. The van der Waals surface area contributed by atoms with Gasteiger partial charge in [-0.3, -0.25) is 4.79 Å². The van der Waals surface area contributed by atoms with Crippen molar-refractivity contribution < 1.29 is 9.32 Å². The summed E-state index contributed by atoms with van der Waals surface area (Å²) in [5, 5.41) is 11.6. The molecule has 2 aliphatic heterocycles. The molecule has 0 radical (unpaired) electrons. The normalized spacial score (nSPS) is 27.2. The number of aromatic nitrogens is 2. The number of aryl methyl sites for hydroxylation is 1. The van der Waals surface area contributed by atoms with Crippen LogP contribution in [0.4, 0.5) is 0 Å². The van der Waals surface area contributed by atoms with Gasteiger partial charge in [0.15, 0.2) is 0 Å². The third kappa shape index (κ3) is 2.37. The molecule has 0 saturated carbocycles. The number of hydrogen-bond donors (Lipinski definition) is 2. The molecule has 0 aliphatic carbocycles. The van der Waals surface area contributed by atoms with E-state index < -0.39 is 0 Å². The summed E-state index contributed by atoms with van der Waals surface area (Å²) in [7, 11) is 0. The van der Waals surface area contributed by atoms with E-state index in [1.807, 2.05) is 13.0 Å². The third-order valence-corrected chi connectivity index (χ3v) is 4.81. The lowest BCUT2D eigenvalue weighted by molar-refractivity contribution is 0.0924. The summed E-state index contributed by atoms with van der Waals surface area (Å²) in [6.07, 6.45) is 6.82. The van der Waals surface area contributed by atoms with Crippen molar-refractivity contribution in [3.8, 4) is 0 Å². The number of rotatable bonds is 3. The molecule has 4 rings (SSSR count). The lowest BCUT2D eigenvalue weighted by Crippen LogP contribution is -2.48. The van der Waals surface area contributed by atoms with E-state index >= 15 is 0 Å². The van der Waals surface area contributed by atoms with E-state index in [4.69, 9.17) is 4.52 Å². The summed E-state index contributed by atoms with van der Waals surface area (Å²) in [6, 6.07) is 3.22. The van der Waals surface area contributed by atoms with Gasteiger partial charge in [0.25, 0.3) is 11.6 Å². The van der Waals surface area contributed by atoms with Crippen LogP contribution in [-0.2, 0) is 6.42 Å². The molecule has 2 unspecified atom stereocenters. The molecule has 0 aromatic carbocycles. The molecule has 6 nitrogen and oxygen atoms in total. The van der Waals surface area contributed by atoms with Crippen molar-refractivity contribution in [1.82, 2.24) is 20.8 Å². The smallest absolute Gasteiger partial charge is 0.257 e. The van der Waals surface area contributed by atoms with E-state index in [1.54, 1.807) is 6.20 Å². The molecule has 2 aliphatic rings. The van der Waals surface area contributed by atoms with Crippen molar-refractivity contribution in [3.63, 3.8) is 0 Å². The predicted molar refractivity (Wildman–Crippen MR) is 81.6 cm³/mol. The highest BCUT2D eigenvalue weighted by Crippen LogP contribution is 2.27. The Morgan fingerprint density at radius 2 is 2.18 bits per heavy atom. The molecule has 2 aromatic rings. The van der Waals surface area contributed by atoms with Gasteiger partial charge in [0, 0.05) is 24.3 Å². The van der Waals surface area contributed by atoms with Crippen LogP contribution in [0.2, 0.25) is 0 Å². The van der Waals surface area contributed by atoms with Gasteiger partial charge in [-0.15, -0.1) is 0 Å². The largest absolute Gasteiger partial charge is 0.349 e. The molecule has 2 atom stereocenters. The van der Waals surface area contributed by atoms with Crippen LogP contribution >= 0.6 is 0 Å². The zero-order valence-corrected chi connectivity index (χ0v) is 12.6. The summed E-state index contributed by atoms with van der Waals surface area (Å²) >= 11 is 0. The van der Waals surface area contributed by atoms with Crippen molar-refractivity contribution in [2.45, 2.75) is 57.2 Å². The second-order valence-corrected chi connectivity index (χ2v) is 6.34. The number of carbonyl (C=O) groups is 1. The number of fused-ring (bicyclic) bond motifs is 3. The number of pyridine rings is 1. The van der Waals surface area contributed by atoms with Crippen LogP contribution in [0.1, 0.15) is 48.7 Å². The summed E-state index contributed by atoms with van der Waals surface area (Å²) < 4.78 is 5.16. The van der Waals surface area contributed by atoms with Gasteiger partial charge in [0.1, 0.15) is 0 Å². The van der Waals surface area contributed by atoms with Gasteiger partial charge in [-0.05, 0) is 38.2 Å². The van der Waals surface area contributed by atoms with Crippen LogP contribution < -0.4 is 10.6 Å². The molecule has 0 spiro atoms. The Balaban J connectivity index is 1.52. The first kappa shape index (κ1) is 13.7. The molecular weight excluding hydrogens is 280 g/mol. The number of amides is 1. The van der Waals surface area contributed by atoms with E-state index in [2.05, 4.69) is 20.8 Å². The van der Waals surface area contributed by atoms with Gasteiger partial charge in [0.05, 0.1) is 16.6 Å². The van der Waals surface area contributed by atoms with Crippen molar-refractivity contribution in [1.29, 1.82) is 0 Å². The van der Waals surface area contributed by atoms with Crippen LogP contribution in [0.15, 0.2) is 16.8 Å². The van der Waals surface area contributed by atoms with Crippen LogP contribution in [0.5, 0.6) is 0 Å². The number of nitrogens with zero attached hydrogens (tertiary/aromatic N) is 2. The molecule has 116 valence electrons. The number of hydrogen-bond acceptors (Lipinski definition) is 5. The Labute approximate surface area is 128 Å². The fourth-order valence-corrected chi connectivity index (χ4v) is 3.70. The van der Waals surface area contributed by atoms with Crippen LogP contribution in [0.25, 0.3) is 11.1 Å². The third-order valence-electron chi connectivity index (χ3n) is 4.81. The van der Waals surface area contributed by atoms with E-state index in [-0.39, 0.29) is 11.9 Å². The first-order valence-corrected chi connectivity index (χ1v) is 8.04. The zero-order valence-electron chi connectivity index (χ0n) is 12.6. The van der Waals surface area contributed by atoms with E-state index in [0.29, 0.717) is 23.4 Å².